The summed E-state index contributed by atoms with van der Waals surface area (Å²) in [6.07, 6.45) is 3.97. The Labute approximate surface area is 269 Å². The summed E-state index contributed by atoms with van der Waals surface area (Å²) in [4.78, 5) is 30.0. The fourth-order valence-corrected chi connectivity index (χ4v) is 6.33. The van der Waals surface area contributed by atoms with E-state index in [1.165, 1.54) is 0 Å². The summed E-state index contributed by atoms with van der Waals surface area (Å²) >= 11 is 28.9. The summed E-state index contributed by atoms with van der Waals surface area (Å²) in [6.45, 7) is 5.62. The van der Waals surface area contributed by atoms with Crippen molar-refractivity contribution in [1.82, 2.24) is 14.7 Å². The van der Waals surface area contributed by atoms with Gasteiger partial charge >= 0.3 is 21.1 Å². The molecule has 3 aliphatic heterocycles. The van der Waals surface area contributed by atoms with Crippen molar-refractivity contribution in [2.24, 2.45) is 0 Å². The predicted octanol–water partition coefficient (Wildman–Crippen LogP) is 4.99. The zero-order valence-corrected chi connectivity index (χ0v) is 27.8. The van der Waals surface area contributed by atoms with E-state index < -0.39 is 0 Å². The summed E-state index contributed by atoms with van der Waals surface area (Å²) in [6, 6.07) is 9.42. The molecule has 0 bridgehead atoms. The number of carbonyl (C=O) groups excluding carboxylic acids is 2. The Kier molecular flexibility index (Phi) is 12.9. The van der Waals surface area contributed by atoms with Gasteiger partial charge in [0, 0.05) is 48.0 Å². The quantitative estimate of drug-likeness (QED) is 0.340. The van der Waals surface area contributed by atoms with Crippen molar-refractivity contribution in [1.29, 1.82) is 0 Å². The maximum atomic E-state index is 12.8. The Morgan fingerprint density at radius 3 is 2.00 bits per heavy atom. The largest absolute Gasteiger partial charge is 2.00 e. The Morgan fingerprint density at radius 1 is 0.923 bits per heavy atom. The molecule has 0 atom stereocenters. The third kappa shape index (κ3) is 9.08. The Balaban J connectivity index is 0.000000359. The van der Waals surface area contributed by atoms with Gasteiger partial charge < -0.3 is 37.3 Å². The molecule has 13 heteroatoms. The molecule has 5 rings (SSSR count). The van der Waals surface area contributed by atoms with Crippen molar-refractivity contribution in [3.8, 4) is 0 Å². The summed E-state index contributed by atoms with van der Waals surface area (Å²) in [5, 5.41) is 5.38. The first-order valence-corrected chi connectivity index (χ1v) is 14.3. The number of likely N-dealkylation sites (tertiary alicyclic amines) is 2. The van der Waals surface area contributed by atoms with E-state index in [0.29, 0.717) is 68.9 Å². The first-order valence-electron chi connectivity index (χ1n) is 12.4. The van der Waals surface area contributed by atoms with Gasteiger partial charge in [0.2, 0.25) is 0 Å². The van der Waals surface area contributed by atoms with Crippen molar-refractivity contribution in [2.45, 2.75) is 29.8 Å². The van der Waals surface area contributed by atoms with Crippen LogP contribution in [0.4, 0.5) is 5.69 Å². The first-order chi connectivity index (χ1) is 18.2. The van der Waals surface area contributed by atoms with Crippen LogP contribution in [0.1, 0.15) is 23.2 Å². The number of halogens is 4. The average Bonchev–Trinajstić information content (AvgIpc) is 2.86. The Hall–Kier alpha value is -0.832. The topological polar surface area (TPSA) is 65.1 Å². The third-order valence-corrected chi connectivity index (χ3v) is 8.05. The molecule has 2 amide bonds. The molecule has 2 aromatic carbocycles. The number of ether oxygens (including phenoxy) is 1. The molecule has 1 N–H and O–H groups in total. The molecule has 0 unspecified atom stereocenters. The van der Waals surface area contributed by atoms with Crippen LogP contribution in [0.2, 0.25) is 20.1 Å². The maximum Gasteiger partial charge on any atom is 2.00 e. The van der Waals surface area contributed by atoms with Gasteiger partial charge in [0.15, 0.2) is 0 Å². The molecule has 2 aromatic rings. The molecule has 0 radical (unpaired) electrons. The Bertz CT molecular complexity index is 1070. The summed E-state index contributed by atoms with van der Waals surface area (Å²) in [5.74, 6) is -0.149. The predicted molar refractivity (Wildman–Crippen MR) is 155 cm³/mol. The average molecular weight is 802 g/mol. The van der Waals surface area contributed by atoms with Crippen LogP contribution >= 0.6 is 46.4 Å². The number of carbonyl (C=O) groups is 1. The number of hydrogen-bond acceptors (Lipinski definition) is 6. The van der Waals surface area contributed by atoms with Crippen LogP contribution in [0, 0.1) is 0 Å². The van der Waals surface area contributed by atoms with Crippen LogP contribution in [0.5, 0.6) is 0 Å². The van der Waals surface area contributed by atoms with Gasteiger partial charge in [-0.2, -0.15) is 11.3 Å². The first kappa shape index (κ1) is 32.7. The number of rotatable bonds is 5. The van der Waals surface area contributed by atoms with E-state index in [-0.39, 0.29) is 27.0 Å². The van der Waals surface area contributed by atoms with Gasteiger partial charge in [0.05, 0.1) is 34.9 Å². The van der Waals surface area contributed by atoms with Crippen molar-refractivity contribution >= 4 is 77.0 Å². The minimum Gasteiger partial charge on any atom is -0.780 e. The standard InChI is InChI=1S/C20H25Cl2N4O3.C6H4Cl2S.W/c21-17-9-14(10-18(22)19(17)20(28)25-5-7-29-8-6-25)23-15-11-26(12-15)16-1-3-24(13-27)4-2-16;7-4-1-5(8)3-6(9)2-4;/h9-10,15-16,23H,1-8,11-12H2;1-3,9H;/q-1;;+2/p-1. The SMILES string of the molecule is O=[C-]N1CCC(N2CC(Nc3cc(Cl)c(C(=O)N4CCOCC4)c(Cl)c3)C2)CC1.[S-]c1cc(Cl)cc(Cl)c1.[W+2]. The minimum absolute atomic E-state index is 0. The summed E-state index contributed by atoms with van der Waals surface area (Å²) in [7, 11) is 0. The van der Waals surface area contributed by atoms with E-state index >= 15 is 0 Å². The van der Waals surface area contributed by atoms with Gasteiger partial charge in [-0.25, -0.2) is 0 Å². The molecule has 0 aromatic heterocycles. The number of nitrogens with one attached hydrogen (secondary N) is 1. The van der Waals surface area contributed by atoms with Crippen LogP contribution in [-0.2, 0) is 43.2 Å². The fraction of sp³-hybridized carbons (Fsp3) is 0.462. The smallest absolute Gasteiger partial charge is 0.780 e. The molecular formula is C26H28Cl4N4O3SW. The van der Waals surface area contributed by atoms with Crippen LogP contribution in [0.3, 0.4) is 0 Å². The van der Waals surface area contributed by atoms with Crippen LogP contribution in [-0.4, -0.2) is 91.6 Å². The minimum atomic E-state index is -0.149. The van der Waals surface area contributed by atoms with Gasteiger partial charge in [-0.3, -0.25) is 9.69 Å². The molecular weight excluding hydrogens is 774 g/mol. The number of anilines is 1. The summed E-state index contributed by atoms with van der Waals surface area (Å²) in [5.41, 5.74) is 1.18. The molecule has 39 heavy (non-hydrogen) atoms. The molecule has 3 aliphatic rings. The second kappa shape index (κ2) is 15.4. The summed E-state index contributed by atoms with van der Waals surface area (Å²) < 4.78 is 5.30. The van der Waals surface area contributed by atoms with E-state index in [0.717, 1.165) is 44.7 Å². The van der Waals surface area contributed by atoms with Gasteiger partial charge in [-0.05, 0) is 44.1 Å². The van der Waals surface area contributed by atoms with Crippen LogP contribution in [0.15, 0.2) is 35.2 Å². The number of amides is 2. The van der Waals surface area contributed by atoms with E-state index in [1.807, 2.05) is 6.41 Å². The monoisotopic (exact) mass is 800 g/mol. The van der Waals surface area contributed by atoms with E-state index in [1.54, 1.807) is 40.1 Å². The molecule has 210 valence electrons. The van der Waals surface area contributed by atoms with E-state index in [4.69, 9.17) is 63.8 Å². The second-order valence-electron chi connectivity index (χ2n) is 9.43. The number of piperidine rings is 1. The second-order valence-corrected chi connectivity index (χ2v) is 11.6. The molecule has 3 heterocycles. The Morgan fingerprint density at radius 2 is 1.49 bits per heavy atom. The van der Waals surface area contributed by atoms with Crippen LogP contribution in [0.25, 0.3) is 0 Å². The number of hydrogen-bond donors (Lipinski definition) is 1. The van der Waals surface area contributed by atoms with Gasteiger partial charge in [0.25, 0.3) is 5.91 Å². The number of morpholine rings is 1. The maximum absolute atomic E-state index is 12.8. The van der Waals surface area contributed by atoms with Gasteiger partial charge in [-0.15, -0.1) is 0 Å². The number of benzene rings is 2. The van der Waals surface area contributed by atoms with E-state index in [9.17, 15) is 9.59 Å². The van der Waals surface area contributed by atoms with Crippen molar-refractivity contribution < 1.29 is 35.4 Å². The van der Waals surface area contributed by atoms with Gasteiger partial charge in [0.1, 0.15) is 0 Å². The van der Waals surface area contributed by atoms with E-state index in [2.05, 4.69) is 10.2 Å². The third-order valence-electron chi connectivity index (χ3n) is 6.78. The number of nitrogens with zero attached hydrogens (tertiary/aromatic N) is 3. The molecule has 7 nitrogen and oxygen atoms in total. The zero-order chi connectivity index (χ0) is 27.2. The normalized spacial score (nSPS) is 18.4. The molecule has 0 spiro atoms. The molecule has 0 saturated carbocycles. The van der Waals surface area contributed by atoms with Crippen molar-refractivity contribution in [3.05, 3.63) is 56.0 Å². The van der Waals surface area contributed by atoms with Crippen molar-refractivity contribution in [2.75, 3.05) is 57.8 Å². The zero-order valence-electron chi connectivity index (χ0n) is 21.0. The van der Waals surface area contributed by atoms with Gasteiger partial charge in [-0.1, -0.05) is 58.5 Å². The molecule has 3 saturated heterocycles. The molecule has 3 fully saturated rings. The van der Waals surface area contributed by atoms with Crippen molar-refractivity contribution in [3.63, 3.8) is 0 Å². The fourth-order valence-electron chi connectivity index (χ4n) is 4.77. The van der Waals surface area contributed by atoms with Crippen LogP contribution < -0.4 is 5.32 Å². The molecule has 0 aliphatic carbocycles.